The van der Waals surface area contributed by atoms with E-state index in [1.807, 2.05) is 18.2 Å². The maximum atomic E-state index is 10.4. The fraction of sp³-hybridized carbons (Fsp3) is 0.679. The number of hydrogen-bond acceptors (Lipinski definition) is 2. The van der Waals surface area contributed by atoms with E-state index in [1.165, 1.54) is 56.9 Å². The molecule has 0 aliphatic carbocycles. The molecule has 1 unspecified atom stereocenters. The van der Waals surface area contributed by atoms with Crippen LogP contribution in [0.3, 0.4) is 0 Å². The summed E-state index contributed by atoms with van der Waals surface area (Å²) < 4.78 is 6.29. The van der Waals surface area contributed by atoms with E-state index in [9.17, 15) is 5.11 Å². The van der Waals surface area contributed by atoms with Crippen molar-refractivity contribution in [1.82, 2.24) is 0 Å². The van der Waals surface area contributed by atoms with E-state index in [4.69, 9.17) is 4.43 Å². The summed E-state index contributed by atoms with van der Waals surface area (Å²) in [5.41, 5.74) is 5.37. The third-order valence-corrected chi connectivity index (χ3v) is 11.0. The first-order valence-electron chi connectivity index (χ1n) is 12.5. The van der Waals surface area contributed by atoms with E-state index in [0.29, 0.717) is 13.0 Å². The van der Waals surface area contributed by atoms with Crippen molar-refractivity contribution in [2.45, 2.75) is 123 Å². The standard InChI is InChI=1S/C28H48O2Si/c1-7-8-9-10-11-12-13-14-15-16-17-18-19-27(29)26-22-20-25(21-23-26)24-30-31(5,6)28(2,3)4/h16,18,20-23,27,29H,7-15,19,24H2,1-6H3. The number of rotatable bonds is 15. The van der Waals surface area contributed by atoms with Crippen LogP contribution in [0.25, 0.3) is 0 Å². The summed E-state index contributed by atoms with van der Waals surface area (Å²) in [5.74, 6) is 0. The summed E-state index contributed by atoms with van der Waals surface area (Å²) in [7, 11) is -1.73. The van der Waals surface area contributed by atoms with Crippen molar-refractivity contribution in [1.29, 1.82) is 0 Å². The summed E-state index contributed by atoms with van der Waals surface area (Å²) >= 11 is 0. The van der Waals surface area contributed by atoms with Crippen LogP contribution in [-0.2, 0) is 11.0 Å². The molecule has 0 radical (unpaired) electrons. The summed E-state index contributed by atoms with van der Waals surface area (Å²) in [6.45, 7) is 14.2. The van der Waals surface area contributed by atoms with Crippen LogP contribution in [0, 0.1) is 0 Å². The highest BCUT2D eigenvalue weighted by molar-refractivity contribution is 6.74. The lowest BCUT2D eigenvalue weighted by Gasteiger charge is -2.36. The molecule has 0 aliphatic rings. The first-order chi connectivity index (χ1) is 14.7. The molecule has 0 saturated heterocycles. The van der Waals surface area contributed by atoms with Gasteiger partial charge in [-0.15, -0.1) is 5.73 Å². The molecule has 0 aliphatic heterocycles. The maximum Gasteiger partial charge on any atom is 0.192 e. The second-order valence-electron chi connectivity index (χ2n) is 10.4. The van der Waals surface area contributed by atoms with Gasteiger partial charge in [0, 0.05) is 6.42 Å². The molecule has 0 fully saturated rings. The quantitative estimate of drug-likeness (QED) is 0.166. The van der Waals surface area contributed by atoms with Crippen molar-refractivity contribution in [3.8, 4) is 0 Å². The summed E-state index contributed by atoms with van der Waals surface area (Å²) in [5, 5.41) is 10.6. The molecule has 0 aromatic heterocycles. The summed E-state index contributed by atoms with van der Waals surface area (Å²) in [6.07, 6.45) is 16.1. The van der Waals surface area contributed by atoms with Crippen molar-refractivity contribution in [2.24, 2.45) is 0 Å². The lowest BCUT2D eigenvalue weighted by molar-refractivity contribution is 0.181. The molecule has 3 heteroatoms. The largest absolute Gasteiger partial charge is 0.413 e. The molecule has 1 N–H and O–H groups in total. The minimum absolute atomic E-state index is 0.219. The lowest BCUT2D eigenvalue weighted by atomic mass is 10.0. The van der Waals surface area contributed by atoms with Gasteiger partial charge in [0.05, 0.1) is 12.7 Å². The van der Waals surface area contributed by atoms with E-state index in [1.54, 1.807) is 0 Å². The summed E-state index contributed by atoms with van der Waals surface area (Å²) in [6, 6.07) is 8.20. The molecular weight excluding hydrogens is 396 g/mol. The van der Waals surface area contributed by atoms with E-state index in [2.05, 4.69) is 64.7 Å². The van der Waals surface area contributed by atoms with Gasteiger partial charge in [0.1, 0.15) is 0 Å². The average molecular weight is 445 g/mol. The van der Waals surface area contributed by atoms with Gasteiger partial charge >= 0.3 is 0 Å². The normalized spacial score (nSPS) is 13.0. The molecule has 1 aromatic carbocycles. The Morgan fingerprint density at radius 3 is 2.10 bits per heavy atom. The second kappa shape index (κ2) is 14.8. The van der Waals surface area contributed by atoms with Gasteiger partial charge in [-0.05, 0) is 54.3 Å². The van der Waals surface area contributed by atoms with Crippen molar-refractivity contribution in [3.63, 3.8) is 0 Å². The highest BCUT2D eigenvalue weighted by atomic mass is 28.4. The van der Waals surface area contributed by atoms with Gasteiger partial charge in [-0.25, -0.2) is 0 Å². The van der Waals surface area contributed by atoms with Gasteiger partial charge in [-0.2, -0.15) is 0 Å². The Kier molecular flexibility index (Phi) is 13.4. The maximum absolute atomic E-state index is 10.4. The Balaban J connectivity index is 2.28. The SMILES string of the molecule is CCCCCCCCCCC=C=CCC(O)c1ccc(CO[Si](C)(C)C(C)(C)C)cc1. The van der Waals surface area contributed by atoms with E-state index in [-0.39, 0.29) is 5.04 Å². The topological polar surface area (TPSA) is 29.5 Å². The Labute approximate surface area is 193 Å². The highest BCUT2D eigenvalue weighted by Gasteiger charge is 2.36. The number of aliphatic hydroxyl groups excluding tert-OH is 1. The molecule has 0 saturated carbocycles. The third-order valence-electron chi connectivity index (χ3n) is 6.55. The van der Waals surface area contributed by atoms with Crippen LogP contribution >= 0.6 is 0 Å². The predicted molar refractivity (Wildman–Crippen MR) is 138 cm³/mol. The smallest absolute Gasteiger partial charge is 0.192 e. The highest BCUT2D eigenvalue weighted by Crippen LogP contribution is 2.37. The molecular formula is C28H48O2Si. The van der Waals surface area contributed by atoms with Crippen LogP contribution in [0.4, 0.5) is 0 Å². The second-order valence-corrected chi connectivity index (χ2v) is 15.2. The van der Waals surface area contributed by atoms with Crippen LogP contribution in [-0.4, -0.2) is 13.4 Å². The molecule has 0 heterocycles. The third kappa shape index (κ3) is 11.9. The molecule has 176 valence electrons. The zero-order chi connectivity index (χ0) is 23.2. The van der Waals surface area contributed by atoms with Crippen molar-refractivity contribution in [2.75, 3.05) is 0 Å². The average Bonchev–Trinajstić information content (AvgIpc) is 2.72. The van der Waals surface area contributed by atoms with Gasteiger partial charge in [-0.1, -0.05) is 96.9 Å². The Hall–Kier alpha value is -1.12. The fourth-order valence-electron chi connectivity index (χ4n) is 3.18. The van der Waals surface area contributed by atoms with Crippen LogP contribution < -0.4 is 0 Å². The Morgan fingerprint density at radius 1 is 0.935 bits per heavy atom. The zero-order valence-corrected chi connectivity index (χ0v) is 22.2. The molecule has 0 bridgehead atoms. The monoisotopic (exact) mass is 444 g/mol. The van der Waals surface area contributed by atoms with E-state index in [0.717, 1.165) is 12.0 Å². The molecule has 1 aromatic rings. The minimum atomic E-state index is -1.73. The number of unbranched alkanes of at least 4 members (excludes halogenated alkanes) is 8. The van der Waals surface area contributed by atoms with Crippen LogP contribution in [0.15, 0.2) is 42.1 Å². The van der Waals surface area contributed by atoms with Crippen LogP contribution in [0.1, 0.15) is 109 Å². The first kappa shape index (κ1) is 27.9. The minimum Gasteiger partial charge on any atom is -0.413 e. The number of aliphatic hydroxyl groups is 1. The Bertz CT molecular complexity index is 649. The van der Waals surface area contributed by atoms with Crippen molar-refractivity contribution < 1.29 is 9.53 Å². The molecule has 0 amide bonds. The van der Waals surface area contributed by atoms with Gasteiger partial charge < -0.3 is 9.53 Å². The van der Waals surface area contributed by atoms with Gasteiger partial charge in [0.15, 0.2) is 8.32 Å². The molecule has 2 nitrogen and oxygen atoms in total. The van der Waals surface area contributed by atoms with Gasteiger partial charge in [-0.3, -0.25) is 0 Å². The van der Waals surface area contributed by atoms with E-state index < -0.39 is 14.4 Å². The summed E-state index contributed by atoms with van der Waals surface area (Å²) in [4.78, 5) is 0. The zero-order valence-electron chi connectivity index (χ0n) is 21.2. The Morgan fingerprint density at radius 2 is 1.52 bits per heavy atom. The van der Waals surface area contributed by atoms with Crippen LogP contribution in [0.5, 0.6) is 0 Å². The molecule has 1 rings (SSSR count). The molecule has 1 atom stereocenters. The van der Waals surface area contributed by atoms with Crippen molar-refractivity contribution in [3.05, 3.63) is 53.3 Å². The fourth-order valence-corrected chi connectivity index (χ4v) is 4.14. The predicted octanol–water partition coefficient (Wildman–Crippen LogP) is 8.87. The molecule has 31 heavy (non-hydrogen) atoms. The molecule has 0 spiro atoms. The van der Waals surface area contributed by atoms with Gasteiger partial charge in [0.25, 0.3) is 0 Å². The van der Waals surface area contributed by atoms with Crippen molar-refractivity contribution >= 4 is 8.32 Å². The number of hydrogen-bond donors (Lipinski definition) is 1. The number of benzene rings is 1. The van der Waals surface area contributed by atoms with Crippen LogP contribution in [0.2, 0.25) is 18.1 Å². The first-order valence-corrected chi connectivity index (χ1v) is 15.4. The van der Waals surface area contributed by atoms with E-state index >= 15 is 0 Å². The lowest BCUT2D eigenvalue weighted by Crippen LogP contribution is -2.40. The van der Waals surface area contributed by atoms with Gasteiger partial charge in [0.2, 0.25) is 0 Å².